The highest BCUT2D eigenvalue weighted by Crippen LogP contribution is 2.56. The molecule has 1 heteroatoms. The van der Waals surface area contributed by atoms with Crippen LogP contribution in [0.4, 0.5) is 0 Å². The third-order valence-corrected chi connectivity index (χ3v) is 5.30. The maximum Gasteiger partial charge on any atom is 0.0667 e. The van der Waals surface area contributed by atoms with Crippen LogP contribution in [0.15, 0.2) is 11.6 Å². The second-order valence-corrected chi connectivity index (χ2v) is 6.55. The molecule has 1 fully saturated rings. The van der Waals surface area contributed by atoms with Crippen molar-refractivity contribution in [3.8, 4) is 6.07 Å². The average Bonchev–Trinajstić information content (AvgIpc) is 2.60. The Labute approximate surface area is 106 Å². The smallest absolute Gasteiger partial charge is 0.0667 e. The van der Waals surface area contributed by atoms with Crippen LogP contribution >= 0.6 is 0 Å². The largest absolute Gasteiger partial charge is 0.198 e. The molecule has 0 aromatic heterocycles. The van der Waals surface area contributed by atoms with E-state index in [9.17, 15) is 5.26 Å². The molecular weight excluding hydrogens is 206 g/mol. The molecule has 1 spiro atoms. The van der Waals surface area contributed by atoms with E-state index in [4.69, 9.17) is 0 Å². The van der Waals surface area contributed by atoms with E-state index in [2.05, 4.69) is 39.8 Å². The molecule has 4 unspecified atom stereocenters. The third kappa shape index (κ3) is 1.92. The van der Waals surface area contributed by atoms with Crippen molar-refractivity contribution in [3.05, 3.63) is 11.6 Å². The zero-order chi connectivity index (χ0) is 12.6. The van der Waals surface area contributed by atoms with E-state index < -0.39 is 0 Å². The first kappa shape index (κ1) is 12.7. The highest BCUT2D eigenvalue weighted by atomic mass is 14.5. The van der Waals surface area contributed by atoms with Gasteiger partial charge in [-0.1, -0.05) is 39.3 Å². The molecule has 0 amide bonds. The van der Waals surface area contributed by atoms with Crippen LogP contribution in [-0.2, 0) is 0 Å². The summed E-state index contributed by atoms with van der Waals surface area (Å²) < 4.78 is 0. The summed E-state index contributed by atoms with van der Waals surface area (Å²) in [4.78, 5) is 0. The number of nitrogens with zero attached hydrogens (tertiary/aromatic N) is 1. The number of nitriles is 1. The molecule has 94 valence electrons. The highest BCUT2D eigenvalue weighted by molar-refractivity contribution is 5.23. The first-order chi connectivity index (χ1) is 8.01. The molecule has 0 aromatic rings. The average molecular weight is 231 g/mol. The van der Waals surface area contributed by atoms with Crippen LogP contribution < -0.4 is 0 Å². The Morgan fingerprint density at radius 3 is 2.65 bits per heavy atom. The van der Waals surface area contributed by atoms with E-state index in [0.29, 0.717) is 17.8 Å². The van der Waals surface area contributed by atoms with Crippen LogP contribution in [-0.4, -0.2) is 0 Å². The van der Waals surface area contributed by atoms with Crippen LogP contribution in [0.2, 0.25) is 0 Å². The topological polar surface area (TPSA) is 23.8 Å². The Morgan fingerprint density at radius 2 is 2.06 bits per heavy atom. The SMILES string of the molecule is CC(C)C1=CC2(CCC(C)C2C#N)C(C)CC1. The van der Waals surface area contributed by atoms with E-state index in [-0.39, 0.29) is 11.3 Å². The van der Waals surface area contributed by atoms with E-state index in [1.54, 1.807) is 5.57 Å². The molecule has 2 aliphatic carbocycles. The van der Waals surface area contributed by atoms with Crippen molar-refractivity contribution in [2.45, 2.75) is 53.4 Å². The highest BCUT2D eigenvalue weighted by Gasteiger charge is 2.50. The minimum atomic E-state index is 0.200. The van der Waals surface area contributed by atoms with Crippen molar-refractivity contribution < 1.29 is 0 Å². The van der Waals surface area contributed by atoms with Gasteiger partial charge < -0.3 is 0 Å². The lowest BCUT2D eigenvalue weighted by molar-refractivity contribution is 0.170. The molecule has 0 heterocycles. The van der Waals surface area contributed by atoms with E-state index in [1.807, 2.05) is 0 Å². The van der Waals surface area contributed by atoms with E-state index >= 15 is 0 Å². The van der Waals surface area contributed by atoms with Gasteiger partial charge in [0.1, 0.15) is 0 Å². The first-order valence-electron chi connectivity index (χ1n) is 7.12. The van der Waals surface area contributed by atoms with Crippen LogP contribution in [0.5, 0.6) is 0 Å². The van der Waals surface area contributed by atoms with Gasteiger partial charge in [-0.3, -0.25) is 0 Å². The summed E-state index contributed by atoms with van der Waals surface area (Å²) >= 11 is 0. The molecule has 0 aromatic carbocycles. The Bertz CT molecular complexity index is 360. The molecule has 0 radical (unpaired) electrons. The zero-order valence-electron chi connectivity index (χ0n) is 11.7. The number of hydrogen-bond acceptors (Lipinski definition) is 1. The Balaban J connectivity index is 2.40. The minimum Gasteiger partial charge on any atom is -0.198 e. The van der Waals surface area contributed by atoms with Crippen molar-refractivity contribution in [2.24, 2.45) is 29.1 Å². The zero-order valence-corrected chi connectivity index (χ0v) is 11.7. The Morgan fingerprint density at radius 1 is 1.35 bits per heavy atom. The van der Waals surface area contributed by atoms with Crippen LogP contribution in [0.1, 0.15) is 53.4 Å². The van der Waals surface area contributed by atoms with Gasteiger partial charge in [-0.05, 0) is 43.4 Å². The lowest BCUT2D eigenvalue weighted by Gasteiger charge is -2.41. The predicted octanol–water partition coefficient (Wildman–Crippen LogP) is 4.55. The lowest BCUT2D eigenvalue weighted by atomic mass is 9.62. The van der Waals surface area contributed by atoms with Crippen molar-refractivity contribution in [2.75, 3.05) is 0 Å². The van der Waals surface area contributed by atoms with Crippen LogP contribution in [0, 0.1) is 40.4 Å². The molecule has 0 bridgehead atoms. The monoisotopic (exact) mass is 231 g/mol. The lowest BCUT2D eigenvalue weighted by Crippen LogP contribution is -2.35. The third-order valence-electron chi connectivity index (χ3n) is 5.30. The summed E-state index contributed by atoms with van der Waals surface area (Å²) in [5, 5.41) is 9.52. The molecular formula is C16H25N. The van der Waals surface area contributed by atoms with Crippen molar-refractivity contribution in [1.29, 1.82) is 5.26 Å². The molecule has 1 saturated carbocycles. The van der Waals surface area contributed by atoms with Crippen LogP contribution in [0.25, 0.3) is 0 Å². The fourth-order valence-electron chi connectivity index (χ4n) is 3.96. The maximum absolute atomic E-state index is 9.52. The van der Waals surface area contributed by atoms with Gasteiger partial charge >= 0.3 is 0 Å². The van der Waals surface area contributed by atoms with Crippen molar-refractivity contribution in [1.82, 2.24) is 0 Å². The Kier molecular flexibility index (Phi) is 3.34. The van der Waals surface area contributed by atoms with Gasteiger partial charge in [0.2, 0.25) is 0 Å². The summed E-state index contributed by atoms with van der Waals surface area (Å²) in [7, 11) is 0. The summed E-state index contributed by atoms with van der Waals surface area (Å²) in [5.74, 6) is 2.14. The summed E-state index contributed by atoms with van der Waals surface area (Å²) in [6.45, 7) is 9.19. The van der Waals surface area contributed by atoms with Crippen molar-refractivity contribution in [3.63, 3.8) is 0 Å². The van der Waals surface area contributed by atoms with Gasteiger partial charge in [0.25, 0.3) is 0 Å². The number of allylic oxidation sites excluding steroid dienone is 2. The first-order valence-corrected chi connectivity index (χ1v) is 7.12. The molecule has 2 aliphatic rings. The van der Waals surface area contributed by atoms with Gasteiger partial charge in [0, 0.05) is 5.41 Å². The van der Waals surface area contributed by atoms with Crippen LogP contribution in [0.3, 0.4) is 0 Å². The Hall–Kier alpha value is -0.770. The molecule has 17 heavy (non-hydrogen) atoms. The molecule has 0 aliphatic heterocycles. The van der Waals surface area contributed by atoms with Crippen molar-refractivity contribution >= 4 is 0 Å². The second-order valence-electron chi connectivity index (χ2n) is 6.55. The van der Waals surface area contributed by atoms with Gasteiger partial charge in [0.15, 0.2) is 0 Å². The quantitative estimate of drug-likeness (QED) is 0.607. The van der Waals surface area contributed by atoms with E-state index in [1.165, 1.54) is 25.7 Å². The van der Waals surface area contributed by atoms with E-state index in [0.717, 1.165) is 0 Å². The standard InChI is InChI=1S/C16H25N/c1-11(2)14-6-5-13(4)16(9-14)8-7-12(3)15(16)10-17/h9,11-13,15H,5-8H2,1-4H3. The molecule has 4 atom stereocenters. The second kappa shape index (κ2) is 4.48. The molecule has 0 N–H and O–H groups in total. The van der Waals surface area contributed by atoms with Gasteiger partial charge in [-0.2, -0.15) is 5.26 Å². The fraction of sp³-hybridized carbons (Fsp3) is 0.812. The van der Waals surface area contributed by atoms with Gasteiger partial charge in [-0.25, -0.2) is 0 Å². The summed E-state index contributed by atoms with van der Waals surface area (Å²) in [5.41, 5.74) is 1.80. The normalized spacial score (nSPS) is 41.6. The molecule has 0 saturated heterocycles. The van der Waals surface area contributed by atoms with Gasteiger partial charge in [0.05, 0.1) is 12.0 Å². The molecule has 2 rings (SSSR count). The van der Waals surface area contributed by atoms with Gasteiger partial charge in [-0.15, -0.1) is 0 Å². The number of rotatable bonds is 1. The molecule has 1 nitrogen and oxygen atoms in total. The maximum atomic E-state index is 9.52. The minimum absolute atomic E-state index is 0.200. The summed E-state index contributed by atoms with van der Waals surface area (Å²) in [6.07, 6.45) is 7.49. The fourth-order valence-corrected chi connectivity index (χ4v) is 3.96. The summed E-state index contributed by atoms with van der Waals surface area (Å²) in [6, 6.07) is 2.62. The number of hydrogen-bond donors (Lipinski definition) is 0. The predicted molar refractivity (Wildman–Crippen MR) is 71.3 cm³/mol.